The predicted molar refractivity (Wildman–Crippen MR) is 126 cm³/mol. The highest BCUT2D eigenvalue weighted by Crippen LogP contribution is 2.33. The van der Waals surface area contributed by atoms with Crippen LogP contribution >= 0.6 is 0 Å². The SMILES string of the molecule is Cc1cn2nc(C3CCCCN3C(=O)c3c(C)cccc3C)cc2nc1N1CCC(N)C1. The number of nitrogens with zero attached hydrogens (tertiary/aromatic N) is 5. The van der Waals surface area contributed by atoms with Crippen LogP contribution in [0.2, 0.25) is 0 Å². The van der Waals surface area contributed by atoms with E-state index < -0.39 is 0 Å². The molecule has 0 spiro atoms. The summed E-state index contributed by atoms with van der Waals surface area (Å²) in [5.41, 5.74) is 11.8. The Morgan fingerprint density at radius 3 is 2.56 bits per heavy atom. The molecule has 3 aromatic rings. The van der Waals surface area contributed by atoms with E-state index in [-0.39, 0.29) is 18.0 Å². The minimum atomic E-state index is -0.0269. The van der Waals surface area contributed by atoms with Crippen molar-refractivity contribution in [2.45, 2.75) is 58.5 Å². The Hall–Kier alpha value is -2.93. The van der Waals surface area contributed by atoms with E-state index in [9.17, 15) is 4.79 Å². The number of fused-ring (bicyclic) bond motifs is 1. The van der Waals surface area contributed by atoms with E-state index in [4.69, 9.17) is 15.8 Å². The number of aryl methyl sites for hydroxylation is 3. The van der Waals surface area contributed by atoms with Crippen molar-refractivity contribution < 1.29 is 4.79 Å². The number of rotatable bonds is 3. The maximum Gasteiger partial charge on any atom is 0.254 e. The van der Waals surface area contributed by atoms with Gasteiger partial charge in [-0.3, -0.25) is 4.79 Å². The number of likely N-dealkylation sites (tertiary alicyclic amines) is 1. The lowest BCUT2D eigenvalue weighted by molar-refractivity contribution is 0.0604. The average molecular weight is 433 g/mol. The van der Waals surface area contributed by atoms with Crippen molar-refractivity contribution in [3.63, 3.8) is 0 Å². The summed E-state index contributed by atoms with van der Waals surface area (Å²) >= 11 is 0. The number of carbonyl (C=O) groups excluding carboxylic acids is 1. The van der Waals surface area contributed by atoms with Gasteiger partial charge in [0, 0.05) is 49.1 Å². The summed E-state index contributed by atoms with van der Waals surface area (Å²) in [4.78, 5) is 22.8. The first kappa shape index (κ1) is 20.9. The van der Waals surface area contributed by atoms with Gasteiger partial charge in [0.1, 0.15) is 5.82 Å². The van der Waals surface area contributed by atoms with Gasteiger partial charge >= 0.3 is 0 Å². The largest absolute Gasteiger partial charge is 0.355 e. The zero-order valence-corrected chi connectivity index (χ0v) is 19.2. The molecule has 2 fully saturated rings. The van der Waals surface area contributed by atoms with E-state index in [0.717, 1.165) is 84.7 Å². The van der Waals surface area contributed by atoms with Gasteiger partial charge in [0.15, 0.2) is 5.65 Å². The summed E-state index contributed by atoms with van der Waals surface area (Å²) in [6, 6.07) is 8.28. The van der Waals surface area contributed by atoms with E-state index in [2.05, 4.69) is 17.9 Å². The summed E-state index contributed by atoms with van der Waals surface area (Å²) in [5, 5.41) is 4.87. The number of benzene rings is 1. The third kappa shape index (κ3) is 3.64. The minimum absolute atomic E-state index is 0.0269. The van der Waals surface area contributed by atoms with Crippen LogP contribution in [0.3, 0.4) is 0 Å². The van der Waals surface area contributed by atoms with Gasteiger partial charge in [-0.25, -0.2) is 9.50 Å². The molecule has 2 unspecified atom stereocenters. The highest BCUT2D eigenvalue weighted by atomic mass is 16.2. The molecule has 2 aromatic heterocycles. The van der Waals surface area contributed by atoms with Crippen LogP contribution in [-0.4, -0.2) is 51.1 Å². The van der Waals surface area contributed by atoms with Crippen molar-refractivity contribution in [2.24, 2.45) is 5.73 Å². The molecule has 1 amide bonds. The maximum absolute atomic E-state index is 13.6. The normalized spacial score (nSPS) is 21.5. The first-order valence-electron chi connectivity index (χ1n) is 11.7. The van der Waals surface area contributed by atoms with Gasteiger partial charge in [-0.05, 0) is 57.6 Å². The molecule has 32 heavy (non-hydrogen) atoms. The Labute approximate surface area is 189 Å². The van der Waals surface area contributed by atoms with Crippen molar-refractivity contribution in [3.8, 4) is 0 Å². The second-order valence-electron chi connectivity index (χ2n) is 9.39. The average Bonchev–Trinajstić information content (AvgIpc) is 3.38. The molecule has 2 aliphatic rings. The van der Waals surface area contributed by atoms with Crippen molar-refractivity contribution in [3.05, 3.63) is 58.4 Å². The number of piperidine rings is 1. The van der Waals surface area contributed by atoms with Crippen LogP contribution in [0, 0.1) is 20.8 Å². The van der Waals surface area contributed by atoms with Crippen molar-refractivity contribution in [1.29, 1.82) is 0 Å². The highest BCUT2D eigenvalue weighted by Gasteiger charge is 2.32. The van der Waals surface area contributed by atoms with Gasteiger partial charge in [-0.1, -0.05) is 18.2 Å². The van der Waals surface area contributed by atoms with Crippen LogP contribution in [0.5, 0.6) is 0 Å². The molecule has 2 atom stereocenters. The van der Waals surface area contributed by atoms with Crippen molar-refractivity contribution >= 4 is 17.4 Å². The Kier molecular flexibility index (Phi) is 5.37. The van der Waals surface area contributed by atoms with Gasteiger partial charge in [0.25, 0.3) is 5.91 Å². The number of hydrogen-bond acceptors (Lipinski definition) is 5. The van der Waals surface area contributed by atoms with E-state index in [0.29, 0.717) is 0 Å². The van der Waals surface area contributed by atoms with E-state index in [1.165, 1.54) is 0 Å². The van der Waals surface area contributed by atoms with Crippen molar-refractivity contribution in [1.82, 2.24) is 19.5 Å². The molecular weight excluding hydrogens is 400 g/mol. The molecule has 1 aromatic carbocycles. The van der Waals surface area contributed by atoms with Crippen LogP contribution in [0.15, 0.2) is 30.5 Å². The Morgan fingerprint density at radius 2 is 1.84 bits per heavy atom. The topological polar surface area (TPSA) is 79.8 Å². The molecule has 2 aliphatic heterocycles. The van der Waals surface area contributed by atoms with Gasteiger partial charge in [-0.15, -0.1) is 0 Å². The molecule has 5 rings (SSSR count). The molecule has 0 aliphatic carbocycles. The standard InChI is InChI=1S/C25H32N6O/c1-16-7-6-8-17(2)23(16)25(32)30-11-5-4-9-21(30)20-13-22-27-24(18(3)14-31(22)28-20)29-12-10-19(26)15-29/h6-8,13-14,19,21H,4-5,9-12,15,26H2,1-3H3. The number of anilines is 1. The Balaban J connectivity index is 1.49. The van der Waals surface area contributed by atoms with Crippen molar-refractivity contribution in [2.75, 3.05) is 24.5 Å². The summed E-state index contributed by atoms with van der Waals surface area (Å²) < 4.78 is 1.86. The summed E-state index contributed by atoms with van der Waals surface area (Å²) in [5.74, 6) is 1.10. The molecular formula is C25H32N6O. The smallest absolute Gasteiger partial charge is 0.254 e. The zero-order chi connectivity index (χ0) is 22.4. The molecule has 4 heterocycles. The summed E-state index contributed by atoms with van der Waals surface area (Å²) in [7, 11) is 0. The molecule has 0 bridgehead atoms. The quantitative estimate of drug-likeness (QED) is 0.685. The molecule has 7 heteroatoms. The van der Waals surface area contributed by atoms with Gasteiger partial charge in [-0.2, -0.15) is 5.10 Å². The Morgan fingerprint density at radius 1 is 1.06 bits per heavy atom. The van der Waals surface area contributed by atoms with Gasteiger partial charge < -0.3 is 15.5 Å². The lowest BCUT2D eigenvalue weighted by Crippen LogP contribution is -2.39. The van der Waals surface area contributed by atoms with Crippen LogP contribution in [-0.2, 0) is 0 Å². The monoisotopic (exact) mass is 432 g/mol. The van der Waals surface area contributed by atoms with Crippen LogP contribution < -0.4 is 10.6 Å². The first-order valence-corrected chi connectivity index (χ1v) is 11.7. The fraction of sp³-hybridized carbons (Fsp3) is 0.480. The Bertz CT molecular complexity index is 1150. The lowest BCUT2D eigenvalue weighted by atomic mass is 9.95. The molecule has 7 nitrogen and oxygen atoms in total. The second kappa shape index (κ2) is 8.20. The molecule has 2 N–H and O–H groups in total. The molecule has 0 saturated carbocycles. The third-order valence-corrected chi connectivity index (χ3v) is 6.95. The van der Waals surface area contributed by atoms with Gasteiger partial charge in [0.2, 0.25) is 0 Å². The van der Waals surface area contributed by atoms with E-state index in [1.54, 1.807) is 0 Å². The lowest BCUT2D eigenvalue weighted by Gasteiger charge is -2.35. The van der Waals surface area contributed by atoms with Crippen LogP contribution in [0.25, 0.3) is 5.65 Å². The first-order chi connectivity index (χ1) is 15.4. The molecule has 168 valence electrons. The summed E-state index contributed by atoms with van der Waals surface area (Å²) in [6.45, 7) is 8.64. The fourth-order valence-electron chi connectivity index (χ4n) is 5.26. The minimum Gasteiger partial charge on any atom is -0.355 e. The highest BCUT2D eigenvalue weighted by molar-refractivity contribution is 5.97. The van der Waals surface area contributed by atoms with E-state index in [1.807, 2.05) is 47.7 Å². The molecule has 2 saturated heterocycles. The zero-order valence-electron chi connectivity index (χ0n) is 19.2. The van der Waals surface area contributed by atoms with E-state index >= 15 is 0 Å². The fourth-order valence-corrected chi connectivity index (χ4v) is 5.26. The molecule has 0 radical (unpaired) electrons. The second-order valence-corrected chi connectivity index (χ2v) is 9.39. The van der Waals surface area contributed by atoms with Crippen LogP contribution in [0.4, 0.5) is 5.82 Å². The number of aromatic nitrogens is 3. The number of amides is 1. The maximum atomic E-state index is 13.6. The summed E-state index contributed by atoms with van der Waals surface area (Å²) in [6.07, 6.45) is 6.09. The van der Waals surface area contributed by atoms with Gasteiger partial charge in [0.05, 0.1) is 11.7 Å². The number of hydrogen-bond donors (Lipinski definition) is 1. The predicted octanol–water partition coefficient (Wildman–Crippen LogP) is 3.56. The number of nitrogens with two attached hydrogens (primary N) is 1. The number of carbonyl (C=O) groups is 1. The third-order valence-electron chi connectivity index (χ3n) is 6.95. The van der Waals surface area contributed by atoms with Crippen LogP contribution in [0.1, 0.15) is 64.5 Å².